The highest BCUT2D eigenvalue weighted by molar-refractivity contribution is 7.91. The van der Waals surface area contributed by atoms with Gasteiger partial charge in [-0.05, 0) is 37.9 Å². The van der Waals surface area contributed by atoms with Crippen LogP contribution in [0.5, 0.6) is 0 Å². The second-order valence-electron chi connectivity index (χ2n) is 4.98. The Labute approximate surface area is 124 Å². The normalized spacial score (nSPS) is 23.3. The number of hydrogen-bond donors (Lipinski definition) is 2. The smallest absolute Gasteiger partial charge is 0.250 e. The summed E-state index contributed by atoms with van der Waals surface area (Å²) in [6.45, 7) is 3.77. The molecule has 114 valence electrons. The molecule has 20 heavy (non-hydrogen) atoms. The van der Waals surface area contributed by atoms with Crippen molar-refractivity contribution in [3.8, 4) is 0 Å². The SMILES string of the molecule is CCC1OCCC1CNS(=O)(=O)c1ccc(CCN)s1. The minimum atomic E-state index is -3.40. The van der Waals surface area contributed by atoms with E-state index in [9.17, 15) is 8.42 Å². The van der Waals surface area contributed by atoms with E-state index in [-0.39, 0.29) is 12.0 Å². The molecule has 2 heterocycles. The van der Waals surface area contributed by atoms with Gasteiger partial charge >= 0.3 is 0 Å². The summed E-state index contributed by atoms with van der Waals surface area (Å²) in [5.41, 5.74) is 5.48. The molecule has 1 saturated heterocycles. The van der Waals surface area contributed by atoms with Gasteiger partial charge in [0.2, 0.25) is 10.0 Å². The van der Waals surface area contributed by atoms with Crippen LogP contribution in [-0.2, 0) is 21.2 Å². The van der Waals surface area contributed by atoms with Crippen molar-refractivity contribution >= 4 is 21.4 Å². The molecule has 1 aromatic rings. The number of nitrogens with one attached hydrogen (secondary N) is 1. The first-order chi connectivity index (χ1) is 9.56. The van der Waals surface area contributed by atoms with E-state index in [1.807, 2.05) is 6.07 Å². The lowest BCUT2D eigenvalue weighted by molar-refractivity contribution is 0.0884. The van der Waals surface area contributed by atoms with Crippen LogP contribution in [-0.4, -0.2) is 34.2 Å². The molecule has 0 bridgehead atoms. The van der Waals surface area contributed by atoms with Gasteiger partial charge in [0.15, 0.2) is 0 Å². The molecular formula is C13H22N2O3S2. The third kappa shape index (κ3) is 3.79. The Balaban J connectivity index is 1.96. The zero-order valence-corrected chi connectivity index (χ0v) is 13.3. The summed E-state index contributed by atoms with van der Waals surface area (Å²) >= 11 is 1.29. The molecule has 2 unspecified atom stereocenters. The van der Waals surface area contributed by atoms with Gasteiger partial charge in [0.25, 0.3) is 0 Å². The summed E-state index contributed by atoms with van der Waals surface area (Å²) in [5.74, 6) is 0.276. The Kier molecular flexibility index (Phi) is 5.57. The Morgan fingerprint density at radius 2 is 2.30 bits per heavy atom. The van der Waals surface area contributed by atoms with E-state index in [0.29, 0.717) is 23.7 Å². The van der Waals surface area contributed by atoms with E-state index >= 15 is 0 Å². The van der Waals surface area contributed by atoms with E-state index in [2.05, 4.69) is 11.6 Å². The van der Waals surface area contributed by atoms with Crippen molar-refractivity contribution in [2.24, 2.45) is 11.7 Å². The Morgan fingerprint density at radius 1 is 1.50 bits per heavy atom. The number of rotatable bonds is 7. The molecule has 0 radical (unpaired) electrons. The van der Waals surface area contributed by atoms with Crippen LogP contribution in [0, 0.1) is 5.92 Å². The minimum Gasteiger partial charge on any atom is -0.378 e. The van der Waals surface area contributed by atoms with Gasteiger partial charge in [-0.3, -0.25) is 0 Å². The molecule has 0 aromatic carbocycles. The summed E-state index contributed by atoms with van der Waals surface area (Å²) in [6, 6.07) is 3.49. The Bertz CT molecular complexity index is 527. The molecule has 2 rings (SSSR count). The van der Waals surface area contributed by atoms with E-state index in [1.54, 1.807) is 6.07 Å². The first-order valence-corrected chi connectivity index (χ1v) is 9.27. The highest BCUT2D eigenvalue weighted by atomic mass is 32.2. The van der Waals surface area contributed by atoms with Crippen LogP contribution in [0.3, 0.4) is 0 Å². The zero-order chi connectivity index (χ0) is 14.6. The maximum absolute atomic E-state index is 12.2. The van der Waals surface area contributed by atoms with Crippen molar-refractivity contribution in [3.63, 3.8) is 0 Å². The monoisotopic (exact) mass is 318 g/mol. The van der Waals surface area contributed by atoms with Crippen molar-refractivity contribution in [2.75, 3.05) is 19.7 Å². The van der Waals surface area contributed by atoms with Crippen LogP contribution in [0.25, 0.3) is 0 Å². The fourth-order valence-corrected chi connectivity index (χ4v) is 4.95. The molecule has 0 aliphatic carbocycles. The average molecular weight is 318 g/mol. The summed E-state index contributed by atoms with van der Waals surface area (Å²) in [4.78, 5) is 1.00. The summed E-state index contributed by atoms with van der Waals surface area (Å²) < 4.78 is 33.1. The van der Waals surface area contributed by atoms with Crippen molar-refractivity contribution in [1.82, 2.24) is 4.72 Å². The van der Waals surface area contributed by atoms with Gasteiger partial charge in [0.05, 0.1) is 6.10 Å². The van der Waals surface area contributed by atoms with Gasteiger partial charge in [0.1, 0.15) is 4.21 Å². The van der Waals surface area contributed by atoms with Crippen LogP contribution in [0.1, 0.15) is 24.6 Å². The first kappa shape index (κ1) is 15.9. The number of sulfonamides is 1. The predicted octanol–water partition coefficient (Wildman–Crippen LogP) is 1.34. The third-order valence-corrected chi connectivity index (χ3v) is 6.64. The molecule has 1 aromatic heterocycles. The van der Waals surface area contributed by atoms with Gasteiger partial charge in [-0.25, -0.2) is 13.1 Å². The number of thiophene rings is 1. The van der Waals surface area contributed by atoms with Crippen molar-refractivity contribution in [1.29, 1.82) is 0 Å². The predicted molar refractivity (Wildman–Crippen MR) is 80.4 cm³/mol. The third-order valence-electron chi connectivity index (χ3n) is 3.58. The molecule has 7 heteroatoms. The second kappa shape index (κ2) is 7.00. The maximum Gasteiger partial charge on any atom is 0.250 e. The van der Waals surface area contributed by atoms with Crippen LogP contribution in [0.15, 0.2) is 16.3 Å². The molecule has 0 saturated carbocycles. The van der Waals surface area contributed by atoms with E-state index in [4.69, 9.17) is 10.5 Å². The van der Waals surface area contributed by atoms with Gasteiger partial charge in [-0.1, -0.05) is 6.92 Å². The van der Waals surface area contributed by atoms with Gasteiger partial charge in [0, 0.05) is 23.9 Å². The van der Waals surface area contributed by atoms with Crippen molar-refractivity contribution in [3.05, 3.63) is 17.0 Å². The molecule has 1 fully saturated rings. The van der Waals surface area contributed by atoms with Crippen LogP contribution < -0.4 is 10.5 Å². The topological polar surface area (TPSA) is 81.4 Å². The number of nitrogens with two attached hydrogens (primary N) is 1. The largest absolute Gasteiger partial charge is 0.378 e. The van der Waals surface area contributed by atoms with E-state index < -0.39 is 10.0 Å². The van der Waals surface area contributed by atoms with Gasteiger partial charge < -0.3 is 10.5 Å². The molecule has 0 amide bonds. The van der Waals surface area contributed by atoms with Crippen LogP contribution in [0.4, 0.5) is 0 Å². The molecule has 3 N–H and O–H groups in total. The van der Waals surface area contributed by atoms with E-state index in [1.165, 1.54) is 11.3 Å². The van der Waals surface area contributed by atoms with E-state index in [0.717, 1.165) is 24.3 Å². The highest BCUT2D eigenvalue weighted by Gasteiger charge is 2.28. The summed E-state index contributed by atoms with van der Waals surface area (Å²) in [5, 5.41) is 0. The first-order valence-electron chi connectivity index (χ1n) is 6.97. The molecule has 2 atom stereocenters. The average Bonchev–Trinajstić information content (AvgIpc) is 3.05. The van der Waals surface area contributed by atoms with Crippen LogP contribution >= 0.6 is 11.3 Å². The molecule has 0 spiro atoms. The lowest BCUT2D eigenvalue weighted by Crippen LogP contribution is -2.32. The van der Waals surface area contributed by atoms with Crippen molar-refractivity contribution < 1.29 is 13.2 Å². The quantitative estimate of drug-likeness (QED) is 0.795. The maximum atomic E-state index is 12.2. The molecular weight excluding hydrogens is 296 g/mol. The lowest BCUT2D eigenvalue weighted by atomic mass is 10.0. The highest BCUT2D eigenvalue weighted by Crippen LogP contribution is 2.25. The fraction of sp³-hybridized carbons (Fsp3) is 0.692. The second-order valence-corrected chi connectivity index (χ2v) is 8.14. The number of ether oxygens (including phenoxy) is 1. The van der Waals surface area contributed by atoms with Gasteiger partial charge in [-0.15, -0.1) is 11.3 Å². The Hall–Kier alpha value is -0.470. The standard InChI is InChI=1S/C13H22N2O3S2/c1-2-12-10(6-8-18-12)9-15-20(16,17)13-4-3-11(19-13)5-7-14/h3-4,10,12,15H,2,5-9,14H2,1H3. The molecule has 1 aliphatic rings. The summed E-state index contributed by atoms with van der Waals surface area (Å²) in [6.07, 6.45) is 2.73. The van der Waals surface area contributed by atoms with Gasteiger partial charge in [-0.2, -0.15) is 0 Å². The zero-order valence-electron chi connectivity index (χ0n) is 11.7. The fourth-order valence-electron chi connectivity index (χ4n) is 2.44. The van der Waals surface area contributed by atoms with Crippen LogP contribution in [0.2, 0.25) is 0 Å². The Morgan fingerprint density at radius 3 is 3.00 bits per heavy atom. The summed E-state index contributed by atoms with van der Waals surface area (Å²) in [7, 11) is -3.40. The molecule has 1 aliphatic heterocycles. The number of hydrogen-bond acceptors (Lipinski definition) is 5. The lowest BCUT2D eigenvalue weighted by Gasteiger charge is -2.16. The van der Waals surface area contributed by atoms with Crippen molar-refractivity contribution in [2.45, 2.75) is 36.5 Å². The minimum absolute atomic E-state index is 0.175. The molecule has 5 nitrogen and oxygen atoms in total.